The first-order chi connectivity index (χ1) is 14.9. The molecule has 1 atom stereocenters. The van der Waals surface area contributed by atoms with E-state index in [-0.39, 0.29) is 5.91 Å². The fraction of sp³-hybridized carbons (Fsp3) is 0.478. The highest BCUT2D eigenvalue weighted by atomic mass is 16.5. The fourth-order valence-electron chi connectivity index (χ4n) is 3.58. The van der Waals surface area contributed by atoms with Crippen LogP contribution in [0.1, 0.15) is 50.3 Å². The highest BCUT2D eigenvalue weighted by Gasteiger charge is 2.20. The second-order valence-electron chi connectivity index (χ2n) is 7.70. The molecule has 1 aliphatic rings. The van der Waals surface area contributed by atoms with Gasteiger partial charge in [0.2, 0.25) is 0 Å². The average molecular weight is 424 g/mol. The Morgan fingerprint density at radius 3 is 2.81 bits per heavy atom. The lowest BCUT2D eigenvalue weighted by Gasteiger charge is -2.20. The molecule has 0 spiro atoms. The summed E-state index contributed by atoms with van der Waals surface area (Å²) in [5.74, 6) is 2.41. The largest absolute Gasteiger partial charge is 0.490 e. The average Bonchev–Trinajstić information content (AvgIpc) is 3.00. The van der Waals surface area contributed by atoms with E-state index in [1.54, 1.807) is 33.2 Å². The second kappa shape index (κ2) is 10.1. The fourth-order valence-corrected chi connectivity index (χ4v) is 3.58. The van der Waals surface area contributed by atoms with Gasteiger partial charge in [-0.3, -0.25) is 4.79 Å². The van der Waals surface area contributed by atoms with E-state index in [1.165, 1.54) is 4.90 Å². The smallest absolute Gasteiger partial charge is 0.262 e. The molecule has 1 aliphatic heterocycles. The zero-order valence-electron chi connectivity index (χ0n) is 18.6. The number of hydrogen-bond acceptors (Lipinski definition) is 6. The summed E-state index contributed by atoms with van der Waals surface area (Å²) >= 11 is 0. The maximum absolute atomic E-state index is 12.1. The van der Waals surface area contributed by atoms with E-state index in [1.807, 2.05) is 19.1 Å². The number of fused-ring (bicyclic) bond motifs is 1. The van der Waals surface area contributed by atoms with Gasteiger partial charge in [-0.1, -0.05) is 12.5 Å². The highest BCUT2D eigenvalue weighted by Crippen LogP contribution is 2.31. The lowest BCUT2D eigenvalue weighted by molar-refractivity contribution is -0.135. The first-order valence-corrected chi connectivity index (χ1v) is 10.6. The van der Waals surface area contributed by atoms with Crippen LogP contribution in [0.25, 0.3) is 11.6 Å². The van der Waals surface area contributed by atoms with E-state index in [9.17, 15) is 10.1 Å². The summed E-state index contributed by atoms with van der Waals surface area (Å²) in [5, 5.41) is 18.4. The van der Waals surface area contributed by atoms with Crippen LogP contribution in [-0.2, 0) is 17.8 Å². The zero-order chi connectivity index (χ0) is 22.4. The van der Waals surface area contributed by atoms with Crippen LogP contribution < -0.4 is 9.47 Å². The quantitative estimate of drug-likeness (QED) is 0.634. The normalized spacial score (nSPS) is 14.7. The maximum Gasteiger partial charge on any atom is 0.262 e. The van der Waals surface area contributed by atoms with Crippen molar-refractivity contribution in [2.24, 2.45) is 0 Å². The Kier molecular flexibility index (Phi) is 7.29. The summed E-state index contributed by atoms with van der Waals surface area (Å²) in [6, 6.07) is 7.67. The van der Waals surface area contributed by atoms with Gasteiger partial charge < -0.3 is 18.9 Å². The van der Waals surface area contributed by atoms with Crippen molar-refractivity contribution in [1.82, 2.24) is 19.7 Å². The van der Waals surface area contributed by atoms with Crippen molar-refractivity contribution < 1.29 is 14.3 Å². The molecule has 0 N–H and O–H groups in total. The number of carbonyl (C=O) groups excluding carboxylic acids is 1. The van der Waals surface area contributed by atoms with Crippen molar-refractivity contribution in [2.45, 2.75) is 52.2 Å². The number of nitriles is 1. The molecule has 0 fully saturated rings. The van der Waals surface area contributed by atoms with E-state index in [0.717, 1.165) is 43.6 Å². The van der Waals surface area contributed by atoms with E-state index in [0.29, 0.717) is 29.5 Å². The molecule has 8 heteroatoms. The Morgan fingerprint density at radius 1 is 1.29 bits per heavy atom. The van der Waals surface area contributed by atoms with Crippen LogP contribution in [0.3, 0.4) is 0 Å². The Labute approximate surface area is 183 Å². The van der Waals surface area contributed by atoms with Crippen molar-refractivity contribution in [3.8, 4) is 17.6 Å². The molecule has 164 valence electrons. The maximum atomic E-state index is 12.1. The monoisotopic (exact) mass is 423 g/mol. The molecule has 2 heterocycles. The van der Waals surface area contributed by atoms with Crippen molar-refractivity contribution in [3.63, 3.8) is 0 Å². The van der Waals surface area contributed by atoms with Gasteiger partial charge in [0.15, 0.2) is 23.4 Å². The van der Waals surface area contributed by atoms with Crippen molar-refractivity contribution in [3.05, 3.63) is 35.4 Å². The molecule has 1 amide bonds. The summed E-state index contributed by atoms with van der Waals surface area (Å²) in [5.41, 5.74) is 1.23. The van der Waals surface area contributed by atoms with E-state index in [2.05, 4.69) is 20.8 Å². The first kappa shape index (κ1) is 22.3. The van der Waals surface area contributed by atoms with E-state index >= 15 is 0 Å². The van der Waals surface area contributed by atoms with Crippen LogP contribution in [0, 0.1) is 11.3 Å². The van der Waals surface area contributed by atoms with Gasteiger partial charge >= 0.3 is 0 Å². The summed E-state index contributed by atoms with van der Waals surface area (Å²) in [7, 11) is 3.38. The number of rotatable bonds is 7. The van der Waals surface area contributed by atoms with Crippen LogP contribution in [0.5, 0.6) is 11.5 Å². The Bertz CT molecular complexity index is 1000. The van der Waals surface area contributed by atoms with Gasteiger partial charge in [-0.15, -0.1) is 10.2 Å². The molecule has 0 saturated heterocycles. The predicted octanol–water partition coefficient (Wildman–Crippen LogP) is 3.32. The predicted molar refractivity (Wildman–Crippen MR) is 117 cm³/mol. The number of hydrogen-bond donors (Lipinski definition) is 0. The van der Waals surface area contributed by atoms with Crippen molar-refractivity contribution in [2.75, 3.05) is 20.7 Å². The molecule has 0 saturated carbocycles. The third kappa shape index (κ3) is 5.23. The highest BCUT2D eigenvalue weighted by molar-refractivity contribution is 5.87. The summed E-state index contributed by atoms with van der Waals surface area (Å²) < 4.78 is 13.6. The van der Waals surface area contributed by atoms with Crippen LogP contribution in [0.2, 0.25) is 0 Å². The summed E-state index contributed by atoms with van der Waals surface area (Å²) in [6.45, 7) is 4.86. The third-order valence-corrected chi connectivity index (χ3v) is 5.14. The van der Waals surface area contributed by atoms with Gasteiger partial charge in [-0.05, 0) is 50.5 Å². The lowest BCUT2D eigenvalue weighted by Crippen LogP contribution is -2.35. The Hall–Kier alpha value is -3.34. The number of carbonyl (C=O) groups is 1. The minimum Gasteiger partial charge on any atom is -0.490 e. The number of likely N-dealkylation sites (N-methyl/N-ethyl adjacent to an activating group) is 1. The molecule has 31 heavy (non-hydrogen) atoms. The Morgan fingerprint density at radius 2 is 2.10 bits per heavy atom. The molecule has 3 rings (SSSR count). The van der Waals surface area contributed by atoms with Gasteiger partial charge in [0.05, 0.1) is 12.2 Å². The summed E-state index contributed by atoms with van der Waals surface area (Å²) in [4.78, 5) is 13.6. The molecular weight excluding hydrogens is 394 g/mol. The van der Waals surface area contributed by atoms with E-state index in [4.69, 9.17) is 9.47 Å². The van der Waals surface area contributed by atoms with Gasteiger partial charge in [0, 0.05) is 27.1 Å². The van der Waals surface area contributed by atoms with Crippen molar-refractivity contribution in [1.29, 1.82) is 5.26 Å². The lowest BCUT2D eigenvalue weighted by atomic mass is 10.1. The van der Waals surface area contributed by atoms with Gasteiger partial charge in [0.1, 0.15) is 11.9 Å². The number of amides is 1. The molecule has 0 unspecified atom stereocenters. The number of aromatic nitrogens is 3. The second-order valence-corrected chi connectivity index (χ2v) is 7.70. The van der Waals surface area contributed by atoms with Crippen molar-refractivity contribution >= 4 is 17.6 Å². The SMILES string of the molecule is CCOc1cc(/C=C(\C#N)c2nnc3n2CCCCC3)ccc1O[C@@H](C)C(=O)N(C)C. The molecule has 0 bridgehead atoms. The van der Waals surface area contributed by atoms with Crippen LogP contribution >= 0.6 is 0 Å². The molecule has 1 aromatic carbocycles. The van der Waals surface area contributed by atoms with Crippen LogP contribution in [0.4, 0.5) is 0 Å². The van der Waals surface area contributed by atoms with Crippen LogP contribution in [-0.4, -0.2) is 52.4 Å². The molecule has 8 nitrogen and oxygen atoms in total. The Balaban J connectivity index is 1.91. The number of nitrogens with zero attached hydrogens (tertiary/aromatic N) is 5. The van der Waals surface area contributed by atoms with Gasteiger partial charge in [-0.25, -0.2) is 0 Å². The molecule has 0 radical (unpaired) electrons. The zero-order valence-corrected chi connectivity index (χ0v) is 18.6. The number of allylic oxidation sites excluding steroid dienone is 1. The number of ether oxygens (including phenoxy) is 2. The first-order valence-electron chi connectivity index (χ1n) is 10.6. The van der Waals surface area contributed by atoms with Crippen LogP contribution in [0.15, 0.2) is 18.2 Å². The standard InChI is InChI=1S/C23H29N5O3/c1-5-30-20-14-17(10-11-19(20)31-16(2)23(29)27(3)4)13-18(15-24)22-26-25-21-9-7-6-8-12-28(21)22/h10-11,13-14,16H,5-9,12H2,1-4H3/b18-13+/t16-/m0/s1. The summed E-state index contributed by atoms with van der Waals surface area (Å²) in [6.07, 6.45) is 5.33. The molecule has 2 aromatic rings. The number of aryl methyl sites for hydroxylation is 1. The minimum absolute atomic E-state index is 0.134. The van der Waals surface area contributed by atoms with Gasteiger partial charge in [0.25, 0.3) is 5.91 Å². The van der Waals surface area contributed by atoms with Gasteiger partial charge in [-0.2, -0.15) is 5.26 Å². The molecular formula is C23H29N5O3. The molecule has 1 aromatic heterocycles. The minimum atomic E-state index is -0.642. The third-order valence-electron chi connectivity index (χ3n) is 5.14. The number of benzene rings is 1. The molecule has 0 aliphatic carbocycles. The topological polar surface area (TPSA) is 93.3 Å². The van der Waals surface area contributed by atoms with E-state index < -0.39 is 6.10 Å².